The van der Waals surface area contributed by atoms with E-state index in [1.54, 1.807) is 49.4 Å². The highest BCUT2D eigenvalue weighted by Gasteiger charge is 2.34. The molecule has 0 aliphatic heterocycles. The molecular weight excluding hydrogens is 541 g/mol. The molecule has 0 heterocycles. The van der Waals surface area contributed by atoms with E-state index in [0.717, 1.165) is 16.4 Å². The van der Waals surface area contributed by atoms with Crippen LogP contribution in [0.25, 0.3) is 0 Å². The summed E-state index contributed by atoms with van der Waals surface area (Å²) in [5, 5.41) is 3.44. The van der Waals surface area contributed by atoms with Gasteiger partial charge in [-0.2, -0.15) is 0 Å². The van der Waals surface area contributed by atoms with Gasteiger partial charge in [-0.15, -0.1) is 0 Å². The number of carbonyl (C=O) groups is 2. The van der Waals surface area contributed by atoms with Crippen molar-refractivity contribution in [2.75, 3.05) is 10.8 Å². The molecule has 1 unspecified atom stereocenters. The summed E-state index contributed by atoms with van der Waals surface area (Å²) in [5.41, 5.74) is 0.289. The number of anilines is 1. The van der Waals surface area contributed by atoms with Crippen LogP contribution in [0.4, 0.5) is 10.1 Å². The second-order valence-electron chi connectivity index (χ2n) is 10.1. The van der Waals surface area contributed by atoms with Gasteiger partial charge in [0.25, 0.3) is 10.0 Å². The molecule has 0 spiro atoms. The smallest absolute Gasteiger partial charge is 0.264 e. The maximum Gasteiger partial charge on any atom is 0.264 e. The number of hydrogen-bond donors (Lipinski definition) is 1. The molecular formula is C29H33ClFN3O4S. The number of rotatable bonds is 10. The van der Waals surface area contributed by atoms with Crippen molar-refractivity contribution in [3.8, 4) is 0 Å². The fourth-order valence-corrected chi connectivity index (χ4v) is 5.58. The summed E-state index contributed by atoms with van der Waals surface area (Å²) in [6.45, 7) is 6.75. The summed E-state index contributed by atoms with van der Waals surface area (Å²) < 4.78 is 42.0. The third-order valence-corrected chi connectivity index (χ3v) is 7.92. The van der Waals surface area contributed by atoms with Crippen LogP contribution >= 0.6 is 11.6 Å². The van der Waals surface area contributed by atoms with Crippen molar-refractivity contribution < 1.29 is 22.4 Å². The lowest BCUT2D eigenvalue weighted by Gasteiger charge is -2.34. The molecule has 208 valence electrons. The van der Waals surface area contributed by atoms with Gasteiger partial charge in [0.15, 0.2) is 0 Å². The first-order chi connectivity index (χ1) is 18.3. The van der Waals surface area contributed by atoms with Gasteiger partial charge in [-0.05, 0) is 81.3 Å². The van der Waals surface area contributed by atoms with E-state index in [1.165, 1.54) is 29.2 Å². The van der Waals surface area contributed by atoms with E-state index in [0.29, 0.717) is 17.0 Å². The second-order valence-corrected chi connectivity index (χ2v) is 12.4. The Labute approximate surface area is 234 Å². The van der Waals surface area contributed by atoms with Crippen molar-refractivity contribution in [3.05, 3.63) is 95.3 Å². The van der Waals surface area contributed by atoms with Gasteiger partial charge in [-0.3, -0.25) is 13.9 Å². The molecule has 1 atom stereocenters. The SMILES string of the molecule is CCC(C(=O)NC(C)(C)C)N(Cc1ccc(Cl)cc1)C(=O)CN(c1ccc(F)cc1)S(=O)(=O)c1ccccc1. The number of amides is 2. The molecule has 1 N–H and O–H groups in total. The Bertz CT molecular complexity index is 1380. The zero-order chi connectivity index (χ0) is 28.8. The quantitative estimate of drug-likeness (QED) is 0.352. The Balaban J connectivity index is 2.05. The predicted molar refractivity (Wildman–Crippen MR) is 151 cm³/mol. The molecule has 10 heteroatoms. The molecule has 0 aliphatic carbocycles. The van der Waals surface area contributed by atoms with Crippen molar-refractivity contribution in [2.24, 2.45) is 0 Å². The Morgan fingerprint density at radius 3 is 2.08 bits per heavy atom. The minimum Gasteiger partial charge on any atom is -0.350 e. The van der Waals surface area contributed by atoms with E-state index < -0.39 is 39.9 Å². The first kappa shape index (κ1) is 30.1. The molecule has 0 radical (unpaired) electrons. The second kappa shape index (κ2) is 12.6. The van der Waals surface area contributed by atoms with Crippen molar-refractivity contribution in [2.45, 2.75) is 57.1 Å². The fraction of sp³-hybridized carbons (Fsp3) is 0.310. The van der Waals surface area contributed by atoms with Crippen LogP contribution < -0.4 is 9.62 Å². The molecule has 3 aromatic carbocycles. The number of hydrogen-bond acceptors (Lipinski definition) is 4. The Morgan fingerprint density at radius 1 is 0.949 bits per heavy atom. The highest BCUT2D eigenvalue weighted by molar-refractivity contribution is 7.92. The molecule has 0 saturated heterocycles. The van der Waals surface area contributed by atoms with Gasteiger partial charge in [0.05, 0.1) is 10.6 Å². The molecule has 0 aliphatic rings. The molecule has 2 amide bonds. The first-order valence-electron chi connectivity index (χ1n) is 12.5. The monoisotopic (exact) mass is 573 g/mol. The highest BCUT2D eigenvalue weighted by Crippen LogP contribution is 2.25. The van der Waals surface area contributed by atoms with Gasteiger partial charge in [-0.1, -0.05) is 48.9 Å². The molecule has 3 rings (SSSR count). The van der Waals surface area contributed by atoms with Gasteiger partial charge in [-0.25, -0.2) is 12.8 Å². The van der Waals surface area contributed by atoms with Crippen molar-refractivity contribution in [1.29, 1.82) is 0 Å². The maximum absolute atomic E-state index is 14.0. The van der Waals surface area contributed by atoms with Crippen LogP contribution in [0.2, 0.25) is 5.02 Å². The minimum atomic E-state index is -4.21. The van der Waals surface area contributed by atoms with Gasteiger partial charge < -0.3 is 10.2 Å². The lowest BCUT2D eigenvalue weighted by Crippen LogP contribution is -2.55. The maximum atomic E-state index is 14.0. The van der Waals surface area contributed by atoms with Crippen LogP contribution in [-0.2, 0) is 26.2 Å². The molecule has 7 nitrogen and oxygen atoms in total. The summed E-state index contributed by atoms with van der Waals surface area (Å²) >= 11 is 6.04. The average molecular weight is 574 g/mol. The predicted octanol–water partition coefficient (Wildman–Crippen LogP) is 5.40. The van der Waals surface area contributed by atoms with Crippen molar-refractivity contribution in [1.82, 2.24) is 10.2 Å². The van der Waals surface area contributed by atoms with Gasteiger partial charge in [0.1, 0.15) is 18.4 Å². The number of benzene rings is 3. The minimum absolute atomic E-state index is 0.0242. The van der Waals surface area contributed by atoms with Gasteiger partial charge in [0.2, 0.25) is 11.8 Å². The summed E-state index contributed by atoms with van der Waals surface area (Å²) in [5.74, 6) is -1.49. The van der Waals surface area contributed by atoms with Gasteiger partial charge >= 0.3 is 0 Å². The van der Waals surface area contributed by atoms with Crippen LogP contribution in [0.1, 0.15) is 39.7 Å². The molecule has 3 aromatic rings. The third kappa shape index (κ3) is 8.03. The van der Waals surface area contributed by atoms with Crippen LogP contribution in [0.15, 0.2) is 83.8 Å². The molecule has 0 fully saturated rings. The standard InChI is InChI=1S/C29H33ClFN3O4S/c1-5-26(28(36)32-29(2,3)4)33(19-21-11-13-22(30)14-12-21)27(35)20-34(24-17-15-23(31)16-18-24)39(37,38)25-9-7-6-8-10-25/h6-18,26H,5,19-20H2,1-4H3,(H,32,36). The number of nitrogens with one attached hydrogen (secondary N) is 1. The van der Waals surface area contributed by atoms with E-state index in [4.69, 9.17) is 11.6 Å². The van der Waals surface area contributed by atoms with Crippen molar-refractivity contribution in [3.63, 3.8) is 0 Å². The summed E-state index contributed by atoms with van der Waals surface area (Å²) in [6, 6.07) is 18.5. The van der Waals surface area contributed by atoms with Crippen LogP contribution in [0, 0.1) is 5.82 Å². The summed E-state index contributed by atoms with van der Waals surface area (Å²) in [4.78, 5) is 28.6. The van der Waals surface area contributed by atoms with E-state index in [2.05, 4.69) is 5.32 Å². The van der Waals surface area contributed by atoms with Crippen molar-refractivity contribution >= 4 is 39.1 Å². The van der Waals surface area contributed by atoms with E-state index in [1.807, 2.05) is 20.8 Å². The Hall–Kier alpha value is -3.43. The fourth-order valence-electron chi connectivity index (χ4n) is 4.01. The normalized spacial score (nSPS) is 12.5. The van der Waals surface area contributed by atoms with E-state index in [9.17, 15) is 22.4 Å². The van der Waals surface area contributed by atoms with Crippen LogP contribution in [-0.4, -0.2) is 43.3 Å². The number of sulfonamides is 1. The highest BCUT2D eigenvalue weighted by atomic mass is 35.5. The molecule has 0 bridgehead atoms. The lowest BCUT2D eigenvalue weighted by molar-refractivity contribution is -0.141. The van der Waals surface area contributed by atoms with Crippen LogP contribution in [0.3, 0.4) is 0 Å². The lowest BCUT2D eigenvalue weighted by atomic mass is 10.1. The molecule has 0 aromatic heterocycles. The average Bonchev–Trinajstić information content (AvgIpc) is 2.88. The topological polar surface area (TPSA) is 86.8 Å². The van der Waals surface area contributed by atoms with E-state index in [-0.39, 0.29) is 23.0 Å². The molecule has 0 saturated carbocycles. The Morgan fingerprint density at radius 2 is 1.54 bits per heavy atom. The number of nitrogens with zero attached hydrogens (tertiary/aromatic N) is 2. The number of halogens is 2. The zero-order valence-corrected chi connectivity index (χ0v) is 24.0. The Kier molecular flexibility index (Phi) is 9.74. The molecule has 39 heavy (non-hydrogen) atoms. The largest absolute Gasteiger partial charge is 0.350 e. The first-order valence-corrected chi connectivity index (χ1v) is 14.3. The van der Waals surface area contributed by atoms with E-state index >= 15 is 0 Å². The summed E-state index contributed by atoms with van der Waals surface area (Å²) in [6.07, 6.45) is 0.295. The van der Waals surface area contributed by atoms with Gasteiger partial charge in [0, 0.05) is 17.1 Å². The summed E-state index contributed by atoms with van der Waals surface area (Å²) in [7, 11) is -4.21. The van der Waals surface area contributed by atoms with Crippen LogP contribution in [0.5, 0.6) is 0 Å². The number of carbonyl (C=O) groups excluding carboxylic acids is 2. The zero-order valence-electron chi connectivity index (χ0n) is 22.4. The third-order valence-electron chi connectivity index (χ3n) is 5.87.